The Kier molecular flexibility index (Phi) is 3.50. The molecule has 0 aliphatic carbocycles. The zero-order valence-electron chi connectivity index (χ0n) is 10.8. The van der Waals surface area contributed by atoms with E-state index >= 15 is 0 Å². The minimum atomic E-state index is -3.69. The molecule has 0 fully saturated rings. The van der Waals surface area contributed by atoms with Crippen LogP contribution in [0, 0.1) is 6.92 Å². The molecule has 2 heterocycles. The van der Waals surface area contributed by atoms with E-state index < -0.39 is 10.0 Å². The van der Waals surface area contributed by atoms with Gasteiger partial charge in [-0.2, -0.15) is 0 Å². The average Bonchev–Trinajstić information content (AvgIpc) is 2.97. The number of fused-ring (bicyclic) bond motifs is 1. The zero-order valence-corrected chi connectivity index (χ0v) is 14.1. The molecule has 0 saturated heterocycles. The van der Waals surface area contributed by atoms with Crippen LogP contribution in [-0.2, 0) is 10.0 Å². The Bertz CT molecular complexity index is 797. The third kappa shape index (κ3) is 2.68. The van der Waals surface area contributed by atoms with Gasteiger partial charge in [0.05, 0.1) is 15.2 Å². The summed E-state index contributed by atoms with van der Waals surface area (Å²) in [5.74, 6) is 0.968. The van der Waals surface area contributed by atoms with Gasteiger partial charge in [-0.15, -0.1) is 11.3 Å². The van der Waals surface area contributed by atoms with Crippen LogP contribution in [0.2, 0.25) is 0 Å². The smallest absolute Gasteiger partial charge is 0.271 e. The van der Waals surface area contributed by atoms with E-state index in [2.05, 4.69) is 20.7 Å². The topological polar surface area (TPSA) is 90.7 Å². The maximum absolute atomic E-state index is 12.4. The highest BCUT2D eigenvalue weighted by atomic mass is 79.9. The van der Waals surface area contributed by atoms with Crippen molar-refractivity contribution >= 4 is 48.7 Å². The van der Waals surface area contributed by atoms with Crippen LogP contribution in [0.25, 0.3) is 0 Å². The highest BCUT2D eigenvalue weighted by Gasteiger charge is 2.22. The van der Waals surface area contributed by atoms with Crippen molar-refractivity contribution < 1.29 is 17.9 Å². The lowest BCUT2D eigenvalue weighted by Gasteiger charge is -2.10. The first-order chi connectivity index (χ1) is 9.87. The molecule has 0 unspecified atom stereocenters. The minimum absolute atomic E-state index is 0.0992. The summed E-state index contributed by atoms with van der Waals surface area (Å²) < 4.78 is 38.6. The number of ether oxygens (including phenoxy) is 2. The third-order valence-electron chi connectivity index (χ3n) is 2.89. The van der Waals surface area contributed by atoms with Gasteiger partial charge in [0, 0.05) is 12.1 Å². The quantitative estimate of drug-likeness (QED) is 0.786. The molecule has 0 radical (unpaired) electrons. The molecule has 1 aliphatic rings. The number of nitrogens with one attached hydrogen (secondary N) is 1. The number of halogens is 1. The molecule has 0 bridgehead atoms. The zero-order chi connectivity index (χ0) is 15.2. The van der Waals surface area contributed by atoms with E-state index in [9.17, 15) is 8.42 Å². The maximum Gasteiger partial charge on any atom is 0.271 e. The number of thiophene rings is 1. The van der Waals surface area contributed by atoms with Crippen molar-refractivity contribution in [2.45, 2.75) is 11.1 Å². The van der Waals surface area contributed by atoms with Crippen LogP contribution >= 0.6 is 27.3 Å². The molecule has 112 valence electrons. The Morgan fingerprint density at radius 2 is 1.95 bits per heavy atom. The molecule has 1 aliphatic heterocycles. The Labute approximate surface area is 134 Å². The molecular weight excluding hydrogens is 380 g/mol. The van der Waals surface area contributed by atoms with Crippen LogP contribution in [-0.4, -0.2) is 15.2 Å². The van der Waals surface area contributed by atoms with Crippen LogP contribution in [0.3, 0.4) is 0 Å². The predicted octanol–water partition coefficient (Wildman–Crippen LogP) is 2.93. The van der Waals surface area contributed by atoms with E-state index in [-0.39, 0.29) is 22.4 Å². The molecule has 1 aromatic carbocycles. The Balaban J connectivity index is 1.96. The van der Waals surface area contributed by atoms with Crippen LogP contribution in [0.4, 0.5) is 11.4 Å². The number of nitrogens with two attached hydrogens (primary N) is 1. The second-order valence-corrected chi connectivity index (χ2v) is 8.70. The van der Waals surface area contributed by atoms with Crippen molar-refractivity contribution in [3.8, 4) is 11.5 Å². The fraction of sp³-hybridized carbons (Fsp3) is 0.167. The van der Waals surface area contributed by atoms with Gasteiger partial charge >= 0.3 is 0 Å². The lowest BCUT2D eigenvalue weighted by molar-refractivity contribution is 0.174. The number of nitrogen functional groups attached to an aromatic ring is 1. The molecular formula is C12H11BrN2O4S2. The first-order valence-electron chi connectivity index (χ1n) is 5.85. The number of sulfonamides is 1. The number of hydrogen-bond acceptors (Lipinski definition) is 6. The maximum atomic E-state index is 12.4. The van der Waals surface area contributed by atoms with Gasteiger partial charge in [-0.05, 0) is 34.5 Å². The summed E-state index contributed by atoms with van der Waals surface area (Å²) in [6.45, 7) is 1.93. The third-order valence-corrected chi connectivity index (χ3v) is 6.86. The van der Waals surface area contributed by atoms with Crippen molar-refractivity contribution in [1.29, 1.82) is 0 Å². The fourth-order valence-corrected chi connectivity index (χ4v) is 5.11. The summed E-state index contributed by atoms with van der Waals surface area (Å²) in [5, 5.41) is 0. The lowest BCUT2D eigenvalue weighted by atomic mass is 10.2. The fourth-order valence-electron chi connectivity index (χ4n) is 1.81. The largest absolute Gasteiger partial charge is 0.454 e. The van der Waals surface area contributed by atoms with Gasteiger partial charge in [-0.3, -0.25) is 4.72 Å². The highest BCUT2D eigenvalue weighted by Crippen LogP contribution is 2.39. The van der Waals surface area contributed by atoms with Gasteiger partial charge < -0.3 is 15.2 Å². The van der Waals surface area contributed by atoms with Crippen molar-refractivity contribution in [3.05, 3.63) is 27.5 Å². The highest BCUT2D eigenvalue weighted by molar-refractivity contribution is 9.11. The molecule has 6 nitrogen and oxygen atoms in total. The van der Waals surface area contributed by atoms with Gasteiger partial charge in [-0.1, -0.05) is 0 Å². The van der Waals surface area contributed by atoms with Crippen molar-refractivity contribution in [1.82, 2.24) is 0 Å². The summed E-state index contributed by atoms with van der Waals surface area (Å²) in [6, 6.07) is 4.65. The van der Waals surface area contributed by atoms with Crippen LogP contribution in [0.5, 0.6) is 11.5 Å². The molecule has 3 rings (SSSR count). The summed E-state index contributed by atoms with van der Waals surface area (Å²) in [7, 11) is -3.69. The molecule has 3 N–H and O–H groups in total. The standard InChI is InChI=1S/C12H11BrN2O4S2/c1-6-2-11(20-12(6)13)21(16,17)15-8-4-10-9(3-7(8)14)18-5-19-10/h2-4,15H,5,14H2,1H3. The van der Waals surface area contributed by atoms with Gasteiger partial charge in [-0.25, -0.2) is 8.42 Å². The Morgan fingerprint density at radius 3 is 2.57 bits per heavy atom. The SMILES string of the molecule is Cc1cc(S(=O)(=O)Nc2cc3c(cc2N)OCO3)sc1Br. The second kappa shape index (κ2) is 5.08. The van der Waals surface area contributed by atoms with Crippen molar-refractivity contribution in [3.63, 3.8) is 0 Å². The minimum Gasteiger partial charge on any atom is -0.454 e. The summed E-state index contributed by atoms with van der Waals surface area (Å²) in [4.78, 5) is 0. The van der Waals surface area contributed by atoms with Gasteiger partial charge in [0.25, 0.3) is 10.0 Å². The normalized spacial score (nSPS) is 13.4. The Morgan fingerprint density at radius 1 is 1.29 bits per heavy atom. The first-order valence-corrected chi connectivity index (χ1v) is 8.94. The van der Waals surface area contributed by atoms with E-state index in [1.165, 1.54) is 12.1 Å². The number of hydrogen-bond donors (Lipinski definition) is 2. The summed E-state index contributed by atoms with van der Waals surface area (Å²) in [6.07, 6.45) is 0. The molecule has 0 amide bonds. The molecule has 1 aromatic heterocycles. The van der Waals surface area contributed by atoms with E-state index in [0.29, 0.717) is 11.5 Å². The van der Waals surface area contributed by atoms with Crippen LogP contribution < -0.4 is 19.9 Å². The molecule has 0 saturated carbocycles. The van der Waals surface area contributed by atoms with Gasteiger partial charge in [0.15, 0.2) is 11.5 Å². The van der Waals surface area contributed by atoms with E-state index in [1.54, 1.807) is 6.07 Å². The van der Waals surface area contributed by atoms with E-state index in [1.807, 2.05) is 6.92 Å². The molecule has 9 heteroatoms. The monoisotopic (exact) mass is 390 g/mol. The first kappa shape index (κ1) is 14.5. The predicted molar refractivity (Wildman–Crippen MR) is 84.5 cm³/mol. The number of rotatable bonds is 3. The van der Waals surface area contributed by atoms with E-state index in [4.69, 9.17) is 15.2 Å². The number of aryl methyl sites for hydroxylation is 1. The summed E-state index contributed by atoms with van der Waals surface area (Å²) >= 11 is 4.46. The summed E-state index contributed by atoms with van der Waals surface area (Å²) in [5.41, 5.74) is 7.24. The van der Waals surface area contributed by atoms with Crippen molar-refractivity contribution in [2.24, 2.45) is 0 Å². The molecule has 0 spiro atoms. The van der Waals surface area contributed by atoms with Gasteiger partial charge in [0.2, 0.25) is 6.79 Å². The molecule has 2 aromatic rings. The van der Waals surface area contributed by atoms with Crippen LogP contribution in [0.1, 0.15) is 5.56 Å². The Hall–Kier alpha value is -1.45. The molecule has 0 atom stereocenters. The lowest BCUT2D eigenvalue weighted by Crippen LogP contribution is -2.12. The van der Waals surface area contributed by atoms with Crippen molar-refractivity contribution in [2.75, 3.05) is 17.2 Å². The average molecular weight is 391 g/mol. The van der Waals surface area contributed by atoms with Crippen LogP contribution in [0.15, 0.2) is 26.2 Å². The number of anilines is 2. The van der Waals surface area contributed by atoms with Gasteiger partial charge in [0.1, 0.15) is 4.21 Å². The van der Waals surface area contributed by atoms with E-state index in [0.717, 1.165) is 20.7 Å². The second-order valence-electron chi connectivity index (χ2n) is 4.42. The number of benzene rings is 1. The molecule has 21 heavy (non-hydrogen) atoms.